The van der Waals surface area contributed by atoms with Crippen molar-refractivity contribution in [3.05, 3.63) is 29.3 Å². The number of anilines is 1. The number of amides is 2. The number of nitrogens with zero attached hydrogens (tertiary/aromatic N) is 2. The molecule has 130 valence electrons. The summed E-state index contributed by atoms with van der Waals surface area (Å²) in [5.41, 5.74) is 0.675. The number of carbonyl (C=O) groups excluding carboxylic acids is 2. The Morgan fingerprint density at radius 1 is 1.38 bits per heavy atom. The van der Waals surface area contributed by atoms with Crippen molar-refractivity contribution in [3.63, 3.8) is 0 Å². The van der Waals surface area contributed by atoms with Crippen LogP contribution in [0.2, 0.25) is 5.02 Å². The largest absolute Gasteiger partial charge is 0.341 e. The minimum atomic E-state index is -3.05. The smallest absolute Gasteiger partial charge is 0.228 e. The normalized spacial score (nSPS) is 25.9. The summed E-state index contributed by atoms with van der Waals surface area (Å²) in [6.07, 6.45) is 0.596. The Hall–Kier alpha value is -1.60. The fraction of sp³-hybridized carbons (Fsp3) is 0.500. The molecular weight excluding hydrogens is 352 g/mol. The summed E-state index contributed by atoms with van der Waals surface area (Å²) in [4.78, 5) is 28.0. The highest BCUT2D eigenvalue weighted by Crippen LogP contribution is 2.29. The van der Waals surface area contributed by atoms with Crippen LogP contribution in [0.15, 0.2) is 24.3 Å². The van der Waals surface area contributed by atoms with Gasteiger partial charge in [-0.05, 0) is 24.6 Å². The predicted molar refractivity (Wildman–Crippen MR) is 91.7 cm³/mol. The molecule has 2 fully saturated rings. The minimum absolute atomic E-state index is 0.00785. The summed E-state index contributed by atoms with van der Waals surface area (Å²) >= 11 is 5.96. The lowest BCUT2D eigenvalue weighted by molar-refractivity contribution is -0.136. The second-order valence-electron chi connectivity index (χ2n) is 6.39. The van der Waals surface area contributed by atoms with E-state index in [1.54, 1.807) is 36.2 Å². The van der Waals surface area contributed by atoms with Gasteiger partial charge in [-0.3, -0.25) is 9.59 Å². The van der Waals surface area contributed by atoms with Crippen LogP contribution in [0.3, 0.4) is 0 Å². The third-order valence-corrected chi connectivity index (χ3v) is 6.68. The third-order valence-electron chi connectivity index (χ3n) is 4.70. The second kappa shape index (κ2) is 6.37. The first kappa shape index (κ1) is 17.2. The highest BCUT2D eigenvalue weighted by molar-refractivity contribution is 7.91. The van der Waals surface area contributed by atoms with Gasteiger partial charge in [-0.25, -0.2) is 8.42 Å². The van der Waals surface area contributed by atoms with Gasteiger partial charge >= 0.3 is 0 Å². The van der Waals surface area contributed by atoms with Crippen LogP contribution in [-0.4, -0.2) is 56.3 Å². The zero-order valence-corrected chi connectivity index (χ0v) is 14.9. The van der Waals surface area contributed by atoms with Crippen molar-refractivity contribution in [1.82, 2.24) is 4.90 Å². The predicted octanol–water partition coefficient (Wildman–Crippen LogP) is 1.34. The molecule has 6 nitrogen and oxygen atoms in total. The number of sulfone groups is 1. The van der Waals surface area contributed by atoms with Crippen LogP contribution in [0.1, 0.15) is 12.8 Å². The van der Waals surface area contributed by atoms with Gasteiger partial charge in [0.05, 0.1) is 17.4 Å². The molecular formula is C16H19ClN2O4S. The molecule has 0 bridgehead atoms. The number of hydrogen-bond donors (Lipinski definition) is 0. The first-order chi connectivity index (χ1) is 11.3. The molecule has 0 N–H and O–H groups in total. The summed E-state index contributed by atoms with van der Waals surface area (Å²) < 4.78 is 23.2. The molecule has 0 saturated carbocycles. The van der Waals surface area contributed by atoms with Gasteiger partial charge in [-0.1, -0.05) is 17.7 Å². The lowest BCUT2D eigenvalue weighted by Crippen LogP contribution is -2.42. The molecule has 2 amide bonds. The molecule has 2 aliphatic heterocycles. The van der Waals surface area contributed by atoms with Gasteiger partial charge in [0.1, 0.15) is 0 Å². The first-order valence-electron chi connectivity index (χ1n) is 7.80. The van der Waals surface area contributed by atoms with Crippen molar-refractivity contribution in [1.29, 1.82) is 0 Å². The summed E-state index contributed by atoms with van der Waals surface area (Å²) in [5.74, 6) is -0.621. The molecule has 0 aliphatic carbocycles. The van der Waals surface area contributed by atoms with Crippen LogP contribution in [0.5, 0.6) is 0 Å². The molecule has 0 radical (unpaired) electrons. The van der Waals surface area contributed by atoms with Gasteiger partial charge in [0.2, 0.25) is 11.8 Å². The van der Waals surface area contributed by atoms with Crippen LogP contribution in [0.4, 0.5) is 5.69 Å². The molecule has 2 saturated heterocycles. The molecule has 2 unspecified atom stereocenters. The SMILES string of the molecule is CN(C(=O)C1CC(=O)N(c2cccc(Cl)c2)C1)C1CCS(=O)(=O)C1. The van der Waals surface area contributed by atoms with E-state index in [1.165, 1.54) is 4.90 Å². The lowest BCUT2D eigenvalue weighted by Gasteiger charge is -2.26. The van der Waals surface area contributed by atoms with E-state index in [0.717, 1.165) is 0 Å². The van der Waals surface area contributed by atoms with Gasteiger partial charge in [-0.15, -0.1) is 0 Å². The van der Waals surface area contributed by atoms with E-state index in [9.17, 15) is 18.0 Å². The molecule has 1 aromatic carbocycles. The Balaban J connectivity index is 1.70. The Morgan fingerprint density at radius 2 is 2.12 bits per heavy atom. The van der Waals surface area contributed by atoms with Gasteiger partial charge in [0.15, 0.2) is 9.84 Å². The van der Waals surface area contributed by atoms with Gasteiger partial charge < -0.3 is 9.80 Å². The Bertz CT molecular complexity index is 780. The molecule has 0 aromatic heterocycles. The minimum Gasteiger partial charge on any atom is -0.341 e. The molecule has 2 aliphatic rings. The van der Waals surface area contributed by atoms with Crippen molar-refractivity contribution < 1.29 is 18.0 Å². The number of benzene rings is 1. The summed E-state index contributed by atoms with van der Waals surface area (Å²) in [5, 5.41) is 0.531. The number of halogens is 1. The topological polar surface area (TPSA) is 74.8 Å². The zero-order chi connectivity index (χ0) is 17.5. The van der Waals surface area contributed by atoms with Crippen LogP contribution < -0.4 is 4.90 Å². The maximum absolute atomic E-state index is 12.7. The molecule has 8 heteroatoms. The second-order valence-corrected chi connectivity index (χ2v) is 9.06. The standard InChI is InChI=1S/C16H19ClN2O4S/c1-18(14-5-6-24(22,23)10-14)16(21)11-7-15(20)19(9-11)13-4-2-3-12(17)8-13/h2-4,8,11,14H,5-7,9-10H2,1H3. The fourth-order valence-electron chi connectivity index (χ4n) is 3.32. The van der Waals surface area contributed by atoms with Crippen molar-refractivity contribution in [2.24, 2.45) is 5.92 Å². The molecule has 3 rings (SSSR count). The van der Waals surface area contributed by atoms with E-state index in [2.05, 4.69) is 0 Å². The number of carbonyl (C=O) groups is 2. The molecule has 0 spiro atoms. The number of hydrogen-bond acceptors (Lipinski definition) is 4. The quantitative estimate of drug-likeness (QED) is 0.804. The molecule has 1 aromatic rings. The highest BCUT2D eigenvalue weighted by atomic mass is 35.5. The van der Waals surface area contributed by atoms with Crippen molar-refractivity contribution in [2.75, 3.05) is 30.0 Å². The van der Waals surface area contributed by atoms with Crippen LogP contribution in [0.25, 0.3) is 0 Å². The third kappa shape index (κ3) is 3.42. The van der Waals surface area contributed by atoms with Crippen molar-refractivity contribution in [2.45, 2.75) is 18.9 Å². The van der Waals surface area contributed by atoms with E-state index < -0.39 is 15.8 Å². The van der Waals surface area contributed by atoms with Gasteiger partial charge in [0, 0.05) is 36.8 Å². The van der Waals surface area contributed by atoms with Crippen molar-refractivity contribution in [3.8, 4) is 0 Å². The maximum Gasteiger partial charge on any atom is 0.228 e. The monoisotopic (exact) mass is 370 g/mol. The summed E-state index contributed by atoms with van der Waals surface area (Å²) in [6.45, 7) is 0.293. The summed E-state index contributed by atoms with van der Waals surface area (Å²) in [6, 6.07) is 6.67. The zero-order valence-electron chi connectivity index (χ0n) is 13.3. The Morgan fingerprint density at radius 3 is 2.75 bits per heavy atom. The van der Waals surface area contributed by atoms with Crippen LogP contribution in [0, 0.1) is 5.92 Å². The van der Waals surface area contributed by atoms with E-state index in [-0.39, 0.29) is 35.8 Å². The van der Waals surface area contributed by atoms with Crippen LogP contribution in [-0.2, 0) is 19.4 Å². The molecule has 24 heavy (non-hydrogen) atoms. The number of rotatable bonds is 3. The molecule has 2 heterocycles. The van der Waals surface area contributed by atoms with Gasteiger partial charge in [-0.2, -0.15) is 0 Å². The van der Waals surface area contributed by atoms with E-state index in [0.29, 0.717) is 23.7 Å². The Kier molecular flexibility index (Phi) is 4.57. The molecule has 2 atom stereocenters. The van der Waals surface area contributed by atoms with Gasteiger partial charge in [0.25, 0.3) is 0 Å². The van der Waals surface area contributed by atoms with E-state index in [1.807, 2.05) is 0 Å². The Labute approximate surface area is 146 Å². The lowest BCUT2D eigenvalue weighted by atomic mass is 10.1. The first-order valence-corrected chi connectivity index (χ1v) is 10.00. The van der Waals surface area contributed by atoms with E-state index >= 15 is 0 Å². The van der Waals surface area contributed by atoms with Crippen LogP contribution >= 0.6 is 11.6 Å². The average molecular weight is 371 g/mol. The summed E-state index contributed by atoms with van der Waals surface area (Å²) in [7, 11) is -1.43. The van der Waals surface area contributed by atoms with Crippen molar-refractivity contribution >= 4 is 38.9 Å². The highest BCUT2D eigenvalue weighted by Gasteiger charge is 2.40. The fourth-order valence-corrected chi connectivity index (χ4v) is 5.27. The average Bonchev–Trinajstić information content (AvgIpc) is 3.08. The maximum atomic E-state index is 12.7. The van der Waals surface area contributed by atoms with E-state index in [4.69, 9.17) is 11.6 Å².